The molecule has 3 rings (SSSR count). The van der Waals surface area contributed by atoms with E-state index in [1.54, 1.807) is 5.56 Å². The Morgan fingerprint density at radius 3 is 2.83 bits per heavy atom. The van der Waals surface area contributed by atoms with Crippen LogP contribution in [0.4, 0.5) is 0 Å². The highest BCUT2D eigenvalue weighted by Gasteiger charge is 2.25. The van der Waals surface area contributed by atoms with Gasteiger partial charge in [0.2, 0.25) is 0 Å². The lowest BCUT2D eigenvalue weighted by molar-refractivity contribution is 1.16. The highest BCUT2D eigenvalue weighted by atomic mass is 32.1. The van der Waals surface area contributed by atoms with Gasteiger partial charge in [0, 0.05) is 4.70 Å². The molecule has 0 spiro atoms. The van der Waals surface area contributed by atoms with Crippen LogP contribution in [-0.2, 0) is 0 Å². The fourth-order valence-electron chi connectivity index (χ4n) is 1.71. The van der Waals surface area contributed by atoms with Crippen LogP contribution in [0, 0.1) is 0 Å². The maximum atomic E-state index is 2.34. The summed E-state index contributed by atoms with van der Waals surface area (Å²) in [4.78, 5) is 0. The minimum absolute atomic E-state index is 0.890. The lowest BCUT2D eigenvalue weighted by Gasteiger charge is -1.92. The van der Waals surface area contributed by atoms with Crippen LogP contribution in [0.2, 0.25) is 0 Å². The van der Waals surface area contributed by atoms with Crippen LogP contribution in [0.25, 0.3) is 10.1 Å². The number of fused-ring (bicyclic) bond motifs is 1. The van der Waals surface area contributed by atoms with E-state index in [0.29, 0.717) is 0 Å². The number of rotatable bonds is 1. The molecule has 2 aromatic rings. The summed E-state index contributed by atoms with van der Waals surface area (Å²) >= 11 is 1.88. The minimum atomic E-state index is 0.890. The topological polar surface area (TPSA) is 0 Å². The number of benzene rings is 1. The average molecular weight is 174 g/mol. The maximum Gasteiger partial charge on any atom is 0.0345 e. The summed E-state index contributed by atoms with van der Waals surface area (Å²) in [7, 11) is 0. The second-order valence-corrected chi connectivity index (χ2v) is 4.37. The van der Waals surface area contributed by atoms with E-state index in [1.807, 2.05) is 11.3 Å². The molecule has 1 aliphatic rings. The van der Waals surface area contributed by atoms with Gasteiger partial charge in [0.05, 0.1) is 0 Å². The van der Waals surface area contributed by atoms with E-state index in [4.69, 9.17) is 0 Å². The monoisotopic (exact) mass is 174 g/mol. The zero-order valence-corrected chi connectivity index (χ0v) is 7.60. The standard InChI is InChI=1S/C11H10S/c1-2-4-11-9(3-1)10(7-12-11)8-5-6-8/h1-4,7-8H,5-6H2. The van der Waals surface area contributed by atoms with Crippen LogP contribution in [-0.4, -0.2) is 0 Å². The Balaban J connectivity index is 2.30. The molecular formula is C11H10S. The van der Waals surface area contributed by atoms with Gasteiger partial charge in [-0.05, 0) is 41.2 Å². The van der Waals surface area contributed by atoms with Crippen LogP contribution in [0.3, 0.4) is 0 Å². The molecule has 0 saturated heterocycles. The summed E-state index contributed by atoms with van der Waals surface area (Å²) in [6, 6.07) is 8.72. The molecule has 0 N–H and O–H groups in total. The third-order valence-electron chi connectivity index (χ3n) is 2.53. The zero-order chi connectivity index (χ0) is 7.97. The molecule has 1 saturated carbocycles. The molecule has 1 aromatic carbocycles. The third-order valence-corrected chi connectivity index (χ3v) is 3.51. The first-order valence-corrected chi connectivity index (χ1v) is 5.29. The quantitative estimate of drug-likeness (QED) is 0.617. The van der Waals surface area contributed by atoms with Crippen molar-refractivity contribution in [3.63, 3.8) is 0 Å². The van der Waals surface area contributed by atoms with E-state index in [1.165, 1.54) is 22.9 Å². The molecule has 0 amide bonds. The molecule has 1 heteroatoms. The SMILES string of the molecule is c1ccc2c(C3CC3)csc2c1. The van der Waals surface area contributed by atoms with Crippen LogP contribution < -0.4 is 0 Å². The number of hydrogen-bond donors (Lipinski definition) is 0. The summed E-state index contributed by atoms with van der Waals surface area (Å²) in [6.45, 7) is 0. The van der Waals surface area contributed by atoms with Crippen LogP contribution >= 0.6 is 11.3 Å². The van der Waals surface area contributed by atoms with Gasteiger partial charge in [-0.15, -0.1) is 11.3 Å². The number of thiophene rings is 1. The number of hydrogen-bond acceptors (Lipinski definition) is 1. The summed E-state index contributed by atoms with van der Waals surface area (Å²) in [6.07, 6.45) is 2.81. The first kappa shape index (κ1) is 6.67. The Morgan fingerprint density at radius 1 is 1.17 bits per heavy atom. The van der Waals surface area contributed by atoms with E-state index >= 15 is 0 Å². The molecule has 60 valence electrons. The predicted molar refractivity (Wildman–Crippen MR) is 53.8 cm³/mol. The Kier molecular flexibility index (Phi) is 1.30. The van der Waals surface area contributed by atoms with Crippen LogP contribution in [0.1, 0.15) is 24.3 Å². The molecule has 0 nitrogen and oxygen atoms in total. The molecule has 1 aromatic heterocycles. The second kappa shape index (κ2) is 2.33. The van der Waals surface area contributed by atoms with Gasteiger partial charge in [-0.1, -0.05) is 18.2 Å². The summed E-state index contributed by atoms with van der Waals surface area (Å²) in [5.74, 6) is 0.890. The van der Waals surface area contributed by atoms with Crippen LogP contribution in [0.5, 0.6) is 0 Å². The highest BCUT2D eigenvalue weighted by molar-refractivity contribution is 7.17. The maximum absolute atomic E-state index is 2.34. The molecule has 0 atom stereocenters. The molecule has 12 heavy (non-hydrogen) atoms. The van der Waals surface area contributed by atoms with Crippen molar-refractivity contribution in [3.8, 4) is 0 Å². The summed E-state index contributed by atoms with van der Waals surface area (Å²) in [5.41, 5.74) is 1.59. The Morgan fingerprint density at radius 2 is 2.00 bits per heavy atom. The Hall–Kier alpha value is -0.820. The summed E-state index contributed by atoms with van der Waals surface area (Å²) < 4.78 is 1.44. The minimum Gasteiger partial charge on any atom is -0.144 e. The van der Waals surface area contributed by atoms with Crippen molar-refractivity contribution in [1.29, 1.82) is 0 Å². The largest absolute Gasteiger partial charge is 0.144 e. The fourth-order valence-corrected chi connectivity index (χ4v) is 2.75. The molecule has 1 aliphatic carbocycles. The van der Waals surface area contributed by atoms with Gasteiger partial charge in [0.25, 0.3) is 0 Å². The molecule has 0 radical (unpaired) electrons. The van der Waals surface area contributed by atoms with E-state index in [9.17, 15) is 0 Å². The predicted octanol–water partition coefficient (Wildman–Crippen LogP) is 3.78. The van der Waals surface area contributed by atoms with Crippen molar-refractivity contribution in [1.82, 2.24) is 0 Å². The van der Waals surface area contributed by atoms with Gasteiger partial charge in [-0.2, -0.15) is 0 Å². The molecule has 0 aliphatic heterocycles. The average Bonchev–Trinajstić information content (AvgIpc) is 2.86. The molecular weight excluding hydrogens is 164 g/mol. The van der Waals surface area contributed by atoms with Crippen molar-refractivity contribution in [2.24, 2.45) is 0 Å². The molecule has 1 heterocycles. The van der Waals surface area contributed by atoms with Crippen molar-refractivity contribution in [3.05, 3.63) is 35.2 Å². The van der Waals surface area contributed by atoms with E-state index in [0.717, 1.165) is 5.92 Å². The van der Waals surface area contributed by atoms with Gasteiger partial charge < -0.3 is 0 Å². The van der Waals surface area contributed by atoms with Gasteiger partial charge >= 0.3 is 0 Å². The van der Waals surface area contributed by atoms with Crippen LogP contribution in [0.15, 0.2) is 29.6 Å². The highest BCUT2D eigenvalue weighted by Crippen LogP contribution is 2.44. The van der Waals surface area contributed by atoms with Gasteiger partial charge in [0.1, 0.15) is 0 Å². The van der Waals surface area contributed by atoms with E-state index in [-0.39, 0.29) is 0 Å². The third kappa shape index (κ3) is 0.896. The summed E-state index contributed by atoms with van der Waals surface area (Å²) in [5, 5.41) is 3.83. The fraction of sp³-hybridized carbons (Fsp3) is 0.273. The normalized spacial score (nSPS) is 17.0. The van der Waals surface area contributed by atoms with Crippen molar-refractivity contribution in [2.45, 2.75) is 18.8 Å². The van der Waals surface area contributed by atoms with Gasteiger partial charge in [0.15, 0.2) is 0 Å². The van der Waals surface area contributed by atoms with Crippen molar-refractivity contribution >= 4 is 21.4 Å². The lowest BCUT2D eigenvalue weighted by Crippen LogP contribution is -1.72. The molecule has 0 bridgehead atoms. The first-order valence-electron chi connectivity index (χ1n) is 4.41. The molecule has 1 fully saturated rings. The smallest absolute Gasteiger partial charge is 0.0345 e. The van der Waals surface area contributed by atoms with E-state index in [2.05, 4.69) is 29.6 Å². The van der Waals surface area contributed by atoms with Crippen molar-refractivity contribution < 1.29 is 0 Å². The molecule has 0 unspecified atom stereocenters. The Labute approximate surface area is 75.8 Å². The first-order chi connectivity index (χ1) is 5.95. The zero-order valence-electron chi connectivity index (χ0n) is 6.79. The van der Waals surface area contributed by atoms with E-state index < -0.39 is 0 Å². The van der Waals surface area contributed by atoms with Gasteiger partial charge in [-0.25, -0.2) is 0 Å². The second-order valence-electron chi connectivity index (χ2n) is 3.46. The van der Waals surface area contributed by atoms with Crippen molar-refractivity contribution in [2.75, 3.05) is 0 Å². The lowest BCUT2D eigenvalue weighted by atomic mass is 10.1. The van der Waals surface area contributed by atoms with Gasteiger partial charge in [-0.3, -0.25) is 0 Å². The Bertz CT molecular complexity index is 410.